The van der Waals surface area contributed by atoms with Gasteiger partial charge >= 0.3 is 5.97 Å². The van der Waals surface area contributed by atoms with Crippen molar-refractivity contribution >= 4 is 39.2 Å². The monoisotopic (exact) mass is 562 g/mol. The Morgan fingerprint density at radius 2 is 1.50 bits per heavy atom. The number of hydrogen-bond acceptors (Lipinski definition) is 8. The number of amides is 1. The molecule has 0 spiro atoms. The topological polar surface area (TPSA) is 129 Å². The highest BCUT2D eigenvalue weighted by Gasteiger charge is 2.30. The number of anilines is 1. The highest BCUT2D eigenvalue weighted by Crippen LogP contribution is 2.34. The van der Waals surface area contributed by atoms with Crippen LogP contribution in [0.1, 0.15) is 15.9 Å². The molecular formula is C26H27ClN2O8S. The second-order valence-corrected chi connectivity index (χ2v) is 10.0. The first-order valence-electron chi connectivity index (χ1n) is 11.2. The van der Waals surface area contributed by atoms with E-state index in [4.69, 9.17) is 30.5 Å². The second kappa shape index (κ2) is 12.6. The minimum atomic E-state index is -4.29. The molecule has 0 fully saturated rings. The van der Waals surface area contributed by atoms with Crippen molar-refractivity contribution in [2.45, 2.75) is 17.4 Å². The van der Waals surface area contributed by atoms with E-state index in [1.807, 2.05) is 0 Å². The lowest BCUT2D eigenvalue weighted by atomic mass is 10.1. The average molecular weight is 563 g/mol. The molecule has 2 N–H and O–H groups in total. The zero-order valence-electron chi connectivity index (χ0n) is 21.1. The average Bonchev–Trinajstić information content (AvgIpc) is 2.92. The molecule has 3 aromatic carbocycles. The van der Waals surface area contributed by atoms with E-state index in [-0.39, 0.29) is 44.8 Å². The standard InChI is InChI=1S/C26H27ClN2O8S/c1-34-21-11-10-17(27)13-24(21)38(32,33)29-20(12-16-8-6-5-7-9-16)25(30)28-19-15-23(36-3)22(35-2)14-18(19)26(31)37-4/h5-11,13-15,20,29H,12H2,1-4H3,(H,28,30)/t20-/m0/s1. The van der Waals surface area contributed by atoms with Crippen molar-refractivity contribution in [3.63, 3.8) is 0 Å². The Labute approximate surface area is 225 Å². The largest absolute Gasteiger partial charge is 0.495 e. The molecule has 0 aliphatic rings. The van der Waals surface area contributed by atoms with Crippen molar-refractivity contribution in [3.8, 4) is 17.2 Å². The van der Waals surface area contributed by atoms with Gasteiger partial charge in [-0.1, -0.05) is 41.9 Å². The SMILES string of the molecule is COC(=O)c1cc(OC)c(OC)cc1NC(=O)[C@H](Cc1ccccc1)NS(=O)(=O)c1cc(Cl)ccc1OC. The van der Waals surface area contributed by atoms with Crippen molar-refractivity contribution in [1.82, 2.24) is 4.72 Å². The number of rotatable bonds is 11. The van der Waals surface area contributed by atoms with E-state index in [1.165, 1.54) is 58.8 Å². The van der Waals surface area contributed by atoms with Crippen LogP contribution < -0.4 is 24.2 Å². The number of carbonyl (C=O) groups excluding carboxylic acids is 2. The van der Waals surface area contributed by atoms with Crippen LogP contribution in [0, 0.1) is 0 Å². The lowest BCUT2D eigenvalue weighted by Crippen LogP contribution is -2.45. The van der Waals surface area contributed by atoms with E-state index in [9.17, 15) is 18.0 Å². The molecule has 0 aromatic heterocycles. The molecule has 3 rings (SSSR count). The number of benzene rings is 3. The number of ether oxygens (including phenoxy) is 4. The van der Waals surface area contributed by atoms with E-state index in [1.54, 1.807) is 30.3 Å². The Morgan fingerprint density at radius 3 is 2.11 bits per heavy atom. The summed E-state index contributed by atoms with van der Waals surface area (Å²) in [6.07, 6.45) is -0.00433. The Bertz CT molecular complexity index is 1410. The van der Waals surface area contributed by atoms with Gasteiger partial charge in [0, 0.05) is 17.2 Å². The van der Waals surface area contributed by atoms with Gasteiger partial charge in [-0.3, -0.25) is 4.79 Å². The zero-order valence-corrected chi connectivity index (χ0v) is 22.7. The number of sulfonamides is 1. The van der Waals surface area contributed by atoms with Crippen LogP contribution in [0.25, 0.3) is 0 Å². The van der Waals surface area contributed by atoms with Crippen LogP contribution >= 0.6 is 11.6 Å². The molecule has 0 saturated carbocycles. The van der Waals surface area contributed by atoms with E-state index in [2.05, 4.69) is 10.0 Å². The molecular weight excluding hydrogens is 536 g/mol. The molecule has 0 unspecified atom stereocenters. The van der Waals surface area contributed by atoms with Gasteiger partial charge in [-0.2, -0.15) is 4.72 Å². The van der Waals surface area contributed by atoms with Crippen LogP contribution in [0.4, 0.5) is 5.69 Å². The first kappa shape index (κ1) is 28.8. The molecule has 10 nitrogen and oxygen atoms in total. The number of nitrogens with one attached hydrogen (secondary N) is 2. The quantitative estimate of drug-likeness (QED) is 0.339. The van der Waals surface area contributed by atoms with Crippen LogP contribution in [0.2, 0.25) is 5.02 Å². The minimum Gasteiger partial charge on any atom is -0.495 e. The first-order valence-corrected chi connectivity index (χ1v) is 13.0. The maximum atomic E-state index is 13.5. The molecule has 0 radical (unpaired) electrons. The Morgan fingerprint density at radius 1 is 0.868 bits per heavy atom. The third kappa shape index (κ3) is 6.74. The van der Waals surface area contributed by atoms with E-state index >= 15 is 0 Å². The van der Waals surface area contributed by atoms with E-state index in [0.717, 1.165) is 0 Å². The fourth-order valence-electron chi connectivity index (χ4n) is 3.63. The number of hydrogen-bond donors (Lipinski definition) is 2. The summed E-state index contributed by atoms with van der Waals surface area (Å²) in [4.78, 5) is 25.8. The maximum Gasteiger partial charge on any atom is 0.340 e. The summed E-state index contributed by atoms with van der Waals surface area (Å²) in [6, 6.07) is 14.4. The van der Waals surface area contributed by atoms with Crippen LogP contribution in [-0.4, -0.2) is 54.8 Å². The summed E-state index contributed by atoms with van der Waals surface area (Å²) in [7, 11) is 1.01. The molecule has 0 aliphatic heterocycles. The molecule has 1 amide bonds. The predicted octanol–water partition coefficient (Wildman–Crippen LogP) is 3.68. The summed E-state index contributed by atoms with van der Waals surface area (Å²) in [6.45, 7) is 0. The van der Waals surface area contributed by atoms with Crippen molar-refractivity contribution in [1.29, 1.82) is 0 Å². The lowest BCUT2D eigenvalue weighted by Gasteiger charge is -2.21. The van der Waals surface area contributed by atoms with Crippen LogP contribution in [0.5, 0.6) is 17.2 Å². The molecule has 3 aromatic rings. The van der Waals surface area contributed by atoms with E-state index < -0.39 is 27.9 Å². The van der Waals surface area contributed by atoms with Gasteiger partial charge < -0.3 is 24.3 Å². The summed E-state index contributed by atoms with van der Waals surface area (Å²) in [5.41, 5.74) is 0.710. The summed E-state index contributed by atoms with van der Waals surface area (Å²) < 4.78 is 49.8. The molecule has 12 heteroatoms. The van der Waals surface area contributed by atoms with Crippen LogP contribution in [-0.2, 0) is 26.0 Å². The zero-order chi connectivity index (χ0) is 27.9. The first-order chi connectivity index (χ1) is 18.1. The van der Waals surface area contributed by atoms with Crippen molar-refractivity contribution in [2.24, 2.45) is 0 Å². The Hall–Kier alpha value is -3.80. The van der Waals surface area contributed by atoms with Gasteiger partial charge in [0.25, 0.3) is 0 Å². The smallest absolute Gasteiger partial charge is 0.340 e. The molecule has 0 aliphatic carbocycles. The number of carbonyl (C=O) groups is 2. The van der Waals surface area contributed by atoms with Crippen molar-refractivity contribution < 1.29 is 37.0 Å². The fourth-order valence-corrected chi connectivity index (χ4v) is 5.26. The second-order valence-electron chi connectivity index (χ2n) is 7.89. The highest BCUT2D eigenvalue weighted by molar-refractivity contribution is 7.89. The van der Waals surface area contributed by atoms with Crippen molar-refractivity contribution in [2.75, 3.05) is 33.8 Å². The normalized spacial score (nSPS) is 11.8. The maximum absolute atomic E-state index is 13.5. The van der Waals surface area contributed by atoms with Gasteiger partial charge in [0.1, 0.15) is 16.7 Å². The molecule has 202 valence electrons. The lowest BCUT2D eigenvalue weighted by molar-refractivity contribution is -0.117. The molecule has 0 saturated heterocycles. The van der Waals surface area contributed by atoms with E-state index in [0.29, 0.717) is 5.56 Å². The number of esters is 1. The summed E-state index contributed by atoms with van der Waals surface area (Å²) >= 11 is 6.04. The summed E-state index contributed by atoms with van der Waals surface area (Å²) in [5, 5.41) is 2.80. The highest BCUT2D eigenvalue weighted by atomic mass is 35.5. The summed E-state index contributed by atoms with van der Waals surface area (Å²) in [5.74, 6) is -0.964. The number of methoxy groups -OCH3 is 4. The van der Waals surface area contributed by atoms with Gasteiger partial charge in [0.2, 0.25) is 15.9 Å². The van der Waals surface area contributed by atoms with Gasteiger partial charge in [0.15, 0.2) is 11.5 Å². The Balaban J connectivity index is 2.03. The van der Waals surface area contributed by atoms with Crippen LogP contribution in [0.3, 0.4) is 0 Å². The predicted molar refractivity (Wildman–Crippen MR) is 142 cm³/mol. The Kier molecular flexibility index (Phi) is 9.56. The molecule has 38 heavy (non-hydrogen) atoms. The third-order valence-electron chi connectivity index (χ3n) is 5.50. The fraction of sp³-hybridized carbons (Fsp3) is 0.231. The number of halogens is 1. The molecule has 0 heterocycles. The third-order valence-corrected chi connectivity index (χ3v) is 7.23. The molecule has 0 bridgehead atoms. The van der Waals surface area contributed by atoms with Gasteiger partial charge in [-0.25, -0.2) is 13.2 Å². The van der Waals surface area contributed by atoms with Gasteiger partial charge in [-0.05, 0) is 30.2 Å². The van der Waals surface area contributed by atoms with Gasteiger partial charge in [-0.15, -0.1) is 0 Å². The molecule has 1 atom stereocenters. The minimum absolute atomic E-state index is 0.00433. The van der Waals surface area contributed by atoms with Crippen molar-refractivity contribution in [3.05, 3.63) is 76.8 Å². The van der Waals surface area contributed by atoms with Crippen LogP contribution in [0.15, 0.2) is 65.6 Å². The van der Waals surface area contributed by atoms with Gasteiger partial charge in [0.05, 0.1) is 39.7 Å².